The van der Waals surface area contributed by atoms with Crippen LogP contribution in [-0.2, 0) is 0 Å². The smallest absolute Gasteiger partial charge is 0.0638 e. The zero-order valence-electron chi connectivity index (χ0n) is 8.86. The molecular weight excluding hydrogens is 192 g/mol. The van der Waals surface area contributed by atoms with E-state index in [-0.39, 0.29) is 0 Å². The van der Waals surface area contributed by atoms with Crippen LogP contribution in [0.1, 0.15) is 26.7 Å². The number of nitrogens with zero attached hydrogens (tertiary/aromatic N) is 1. The van der Waals surface area contributed by atoms with Crippen molar-refractivity contribution < 1.29 is 0 Å². The van der Waals surface area contributed by atoms with E-state index < -0.39 is 0 Å². The number of pyridine rings is 1. The highest BCUT2D eigenvalue weighted by Gasteiger charge is 1.99. The molecule has 0 saturated heterocycles. The van der Waals surface area contributed by atoms with Crippen LogP contribution in [0, 0.1) is 5.92 Å². The molecule has 0 aliphatic heterocycles. The summed E-state index contributed by atoms with van der Waals surface area (Å²) in [5.41, 5.74) is 6.57. The van der Waals surface area contributed by atoms with Gasteiger partial charge in [-0.25, -0.2) is 0 Å². The largest absolute Gasteiger partial charge is 0.397 e. The van der Waals surface area contributed by atoms with Crippen molar-refractivity contribution in [3.8, 4) is 0 Å². The predicted molar refractivity (Wildman–Crippen MR) is 63.4 cm³/mol. The third kappa shape index (κ3) is 4.01. The van der Waals surface area contributed by atoms with Gasteiger partial charge in [0.15, 0.2) is 0 Å². The number of rotatable bonds is 5. The van der Waals surface area contributed by atoms with Crippen molar-refractivity contribution in [2.75, 3.05) is 11.5 Å². The van der Waals surface area contributed by atoms with E-state index in [1.165, 1.54) is 12.8 Å². The van der Waals surface area contributed by atoms with E-state index in [0.29, 0.717) is 0 Å². The highest BCUT2D eigenvalue weighted by Crippen LogP contribution is 2.24. The number of aromatic nitrogens is 1. The molecule has 1 rings (SSSR count). The summed E-state index contributed by atoms with van der Waals surface area (Å²) in [5, 5.41) is 0. The fourth-order valence-corrected chi connectivity index (χ4v) is 2.11. The second-order valence-corrected chi connectivity index (χ2v) is 4.93. The normalized spacial score (nSPS) is 10.8. The summed E-state index contributed by atoms with van der Waals surface area (Å²) in [4.78, 5) is 5.12. The molecule has 0 aliphatic rings. The molecule has 2 N–H and O–H groups in total. The Kier molecular flexibility index (Phi) is 4.80. The average Bonchev–Trinajstić information content (AvgIpc) is 2.15. The summed E-state index contributed by atoms with van der Waals surface area (Å²) < 4.78 is 0. The van der Waals surface area contributed by atoms with Gasteiger partial charge in [0.1, 0.15) is 0 Å². The Morgan fingerprint density at radius 2 is 2.29 bits per heavy atom. The van der Waals surface area contributed by atoms with E-state index in [4.69, 9.17) is 5.73 Å². The minimum atomic E-state index is 0.794. The quantitative estimate of drug-likeness (QED) is 0.599. The number of nitrogens with two attached hydrogens (primary N) is 1. The Labute approximate surface area is 90.3 Å². The molecular formula is C11H18N2S. The summed E-state index contributed by atoms with van der Waals surface area (Å²) in [6, 6.07) is 1.98. The molecule has 1 aromatic heterocycles. The van der Waals surface area contributed by atoms with Crippen molar-refractivity contribution in [1.29, 1.82) is 0 Å². The molecule has 0 radical (unpaired) electrons. The van der Waals surface area contributed by atoms with Gasteiger partial charge in [0.25, 0.3) is 0 Å². The van der Waals surface area contributed by atoms with E-state index in [1.54, 1.807) is 12.4 Å². The van der Waals surface area contributed by atoms with Crippen molar-refractivity contribution in [2.24, 2.45) is 5.92 Å². The average molecular weight is 210 g/mol. The standard InChI is InChI=1S/C11H18N2S/c1-9(2)4-3-7-14-11-5-6-13-8-10(11)12/h5-6,8-9H,3-4,7,12H2,1-2H3. The molecule has 0 aliphatic carbocycles. The molecule has 0 amide bonds. The number of thioether (sulfide) groups is 1. The van der Waals surface area contributed by atoms with Crippen LogP contribution < -0.4 is 5.73 Å². The van der Waals surface area contributed by atoms with Gasteiger partial charge >= 0.3 is 0 Å². The predicted octanol–water partition coefficient (Wildman–Crippen LogP) is 3.19. The molecule has 2 nitrogen and oxygen atoms in total. The van der Waals surface area contributed by atoms with Gasteiger partial charge < -0.3 is 5.73 Å². The lowest BCUT2D eigenvalue weighted by molar-refractivity contribution is 0.579. The van der Waals surface area contributed by atoms with Crippen LogP contribution >= 0.6 is 11.8 Å². The molecule has 1 aromatic rings. The molecule has 1 heterocycles. The maximum Gasteiger partial charge on any atom is 0.0638 e. The van der Waals surface area contributed by atoms with Gasteiger partial charge in [-0.15, -0.1) is 11.8 Å². The Morgan fingerprint density at radius 1 is 1.50 bits per heavy atom. The van der Waals surface area contributed by atoms with Crippen LogP contribution in [0.3, 0.4) is 0 Å². The zero-order chi connectivity index (χ0) is 10.4. The van der Waals surface area contributed by atoms with Crippen molar-refractivity contribution in [3.05, 3.63) is 18.5 Å². The maximum atomic E-state index is 5.78. The second-order valence-electron chi connectivity index (χ2n) is 3.80. The van der Waals surface area contributed by atoms with E-state index in [1.807, 2.05) is 17.8 Å². The SMILES string of the molecule is CC(C)CCCSc1ccncc1N. The van der Waals surface area contributed by atoms with Gasteiger partial charge in [-0.1, -0.05) is 20.3 Å². The van der Waals surface area contributed by atoms with Crippen molar-refractivity contribution in [2.45, 2.75) is 31.6 Å². The summed E-state index contributed by atoms with van der Waals surface area (Å²) in [5.74, 6) is 1.94. The molecule has 0 aromatic carbocycles. The van der Waals surface area contributed by atoms with E-state index in [9.17, 15) is 0 Å². The monoisotopic (exact) mass is 210 g/mol. The van der Waals surface area contributed by atoms with E-state index in [2.05, 4.69) is 18.8 Å². The first-order valence-electron chi connectivity index (χ1n) is 5.02. The minimum Gasteiger partial charge on any atom is -0.397 e. The van der Waals surface area contributed by atoms with Crippen LogP contribution in [0.15, 0.2) is 23.4 Å². The lowest BCUT2D eigenvalue weighted by Crippen LogP contribution is -1.92. The van der Waals surface area contributed by atoms with Crippen LogP contribution in [0.2, 0.25) is 0 Å². The maximum absolute atomic E-state index is 5.78. The Balaban J connectivity index is 2.28. The molecule has 0 unspecified atom stereocenters. The van der Waals surface area contributed by atoms with Gasteiger partial charge in [0, 0.05) is 11.1 Å². The lowest BCUT2D eigenvalue weighted by atomic mass is 10.1. The molecule has 3 heteroatoms. The van der Waals surface area contributed by atoms with Gasteiger partial charge in [-0.3, -0.25) is 4.98 Å². The van der Waals surface area contributed by atoms with E-state index >= 15 is 0 Å². The molecule has 14 heavy (non-hydrogen) atoms. The van der Waals surface area contributed by atoms with E-state index in [0.717, 1.165) is 22.3 Å². The summed E-state index contributed by atoms with van der Waals surface area (Å²) in [7, 11) is 0. The third-order valence-corrected chi connectivity index (χ3v) is 3.17. The molecule has 0 atom stereocenters. The number of anilines is 1. The van der Waals surface area contributed by atoms with Crippen molar-refractivity contribution in [1.82, 2.24) is 4.98 Å². The van der Waals surface area contributed by atoms with Crippen molar-refractivity contribution in [3.63, 3.8) is 0 Å². The highest BCUT2D eigenvalue weighted by molar-refractivity contribution is 7.99. The molecule has 0 spiro atoms. The Bertz CT molecular complexity index is 274. The zero-order valence-corrected chi connectivity index (χ0v) is 9.68. The number of hydrogen-bond donors (Lipinski definition) is 1. The summed E-state index contributed by atoms with van der Waals surface area (Å²) in [6.07, 6.45) is 6.05. The van der Waals surface area contributed by atoms with Crippen LogP contribution in [0.25, 0.3) is 0 Å². The molecule has 0 bridgehead atoms. The first kappa shape index (κ1) is 11.4. The Hall–Kier alpha value is -0.700. The minimum absolute atomic E-state index is 0.794. The highest BCUT2D eigenvalue weighted by atomic mass is 32.2. The number of hydrogen-bond acceptors (Lipinski definition) is 3. The lowest BCUT2D eigenvalue weighted by Gasteiger charge is -2.05. The first-order valence-corrected chi connectivity index (χ1v) is 6.01. The number of nitrogen functional groups attached to an aromatic ring is 1. The molecule has 0 fully saturated rings. The van der Waals surface area contributed by atoms with Crippen molar-refractivity contribution >= 4 is 17.4 Å². The molecule has 78 valence electrons. The fourth-order valence-electron chi connectivity index (χ4n) is 1.20. The summed E-state index contributed by atoms with van der Waals surface area (Å²) in [6.45, 7) is 4.51. The fraction of sp³-hybridized carbons (Fsp3) is 0.545. The second kappa shape index (κ2) is 5.91. The molecule has 0 saturated carbocycles. The van der Waals surface area contributed by atoms with Crippen LogP contribution in [-0.4, -0.2) is 10.7 Å². The van der Waals surface area contributed by atoms with Gasteiger partial charge in [0.05, 0.1) is 11.9 Å². The third-order valence-electron chi connectivity index (χ3n) is 1.99. The van der Waals surface area contributed by atoms with Crippen LogP contribution in [0.5, 0.6) is 0 Å². The Morgan fingerprint density at radius 3 is 2.93 bits per heavy atom. The van der Waals surface area contributed by atoms with Gasteiger partial charge in [-0.2, -0.15) is 0 Å². The van der Waals surface area contributed by atoms with Crippen LogP contribution in [0.4, 0.5) is 5.69 Å². The van der Waals surface area contributed by atoms with Gasteiger partial charge in [0.2, 0.25) is 0 Å². The van der Waals surface area contributed by atoms with Gasteiger partial charge in [-0.05, 0) is 24.2 Å². The first-order chi connectivity index (χ1) is 6.70. The summed E-state index contributed by atoms with van der Waals surface area (Å²) >= 11 is 1.82. The topological polar surface area (TPSA) is 38.9 Å².